The summed E-state index contributed by atoms with van der Waals surface area (Å²) in [6.07, 6.45) is 6.14. The molecular formula is C23H33NO7S. The molecule has 4 fully saturated rings. The lowest BCUT2D eigenvalue weighted by Crippen LogP contribution is -2.60. The lowest BCUT2D eigenvalue weighted by Gasteiger charge is -2.61. The number of rotatable bonds is 5. The first-order valence-corrected chi connectivity index (χ1v) is 12.2. The number of ether oxygens (including phenoxy) is 2. The van der Waals surface area contributed by atoms with Gasteiger partial charge in [-0.2, -0.15) is 4.21 Å². The van der Waals surface area contributed by atoms with Crippen LogP contribution < -0.4 is 5.32 Å². The Morgan fingerprint density at radius 1 is 1.34 bits per heavy atom. The molecule has 2 aliphatic heterocycles. The predicted molar refractivity (Wildman–Crippen MR) is 117 cm³/mol. The molecule has 1 N–H and O–H groups in total. The smallest absolute Gasteiger partial charge is 0.336 e. The predicted octanol–water partition coefficient (Wildman–Crippen LogP) is 2.37. The van der Waals surface area contributed by atoms with Gasteiger partial charge in [0.15, 0.2) is 0 Å². The van der Waals surface area contributed by atoms with Gasteiger partial charge in [-0.1, -0.05) is 32.1 Å². The minimum atomic E-state index is -1.67. The van der Waals surface area contributed by atoms with Gasteiger partial charge < -0.3 is 14.8 Å². The van der Waals surface area contributed by atoms with Gasteiger partial charge in [-0.3, -0.25) is 13.2 Å². The maximum atomic E-state index is 12.4. The van der Waals surface area contributed by atoms with Crippen molar-refractivity contribution >= 4 is 23.2 Å². The van der Waals surface area contributed by atoms with Crippen LogP contribution in [0.2, 0.25) is 0 Å². The number of esters is 1. The molecule has 9 heteroatoms. The first-order chi connectivity index (χ1) is 15.2. The Labute approximate surface area is 191 Å². The molecular weight excluding hydrogens is 434 g/mol. The molecule has 0 spiro atoms. The van der Waals surface area contributed by atoms with E-state index in [1.165, 1.54) is 12.7 Å². The van der Waals surface area contributed by atoms with Crippen molar-refractivity contribution in [1.29, 1.82) is 0 Å². The van der Waals surface area contributed by atoms with E-state index in [1.807, 2.05) is 6.08 Å². The van der Waals surface area contributed by atoms with Crippen LogP contribution in [-0.4, -0.2) is 55.2 Å². The number of amides is 1. The van der Waals surface area contributed by atoms with Crippen LogP contribution in [0.4, 0.5) is 0 Å². The second-order valence-corrected chi connectivity index (χ2v) is 10.8. The molecule has 2 heterocycles. The van der Waals surface area contributed by atoms with Gasteiger partial charge in [-0.15, -0.1) is 0 Å². The van der Waals surface area contributed by atoms with Gasteiger partial charge in [0.05, 0.1) is 24.3 Å². The minimum Gasteiger partial charge on any atom is -0.460 e. The van der Waals surface area contributed by atoms with Gasteiger partial charge in [0.25, 0.3) is 0 Å². The molecule has 0 aromatic heterocycles. The molecule has 2 aliphatic carbocycles. The molecule has 2 saturated heterocycles. The lowest BCUT2D eigenvalue weighted by molar-refractivity contribution is -0.154. The van der Waals surface area contributed by atoms with Crippen LogP contribution in [0.15, 0.2) is 23.8 Å². The fraction of sp³-hybridized carbons (Fsp3) is 0.739. The van der Waals surface area contributed by atoms with Crippen LogP contribution in [0.25, 0.3) is 0 Å². The van der Waals surface area contributed by atoms with E-state index in [2.05, 4.69) is 25.7 Å². The second kappa shape index (κ2) is 9.00. The van der Waals surface area contributed by atoms with Crippen LogP contribution in [-0.2, 0) is 38.8 Å². The minimum absolute atomic E-state index is 0.0412. The summed E-state index contributed by atoms with van der Waals surface area (Å²) in [5.41, 5.74) is 1.43. The number of hydrogen-bond donors (Lipinski definition) is 1. The van der Waals surface area contributed by atoms with Gasteiger partial charge in [-0.05, 0) is 49.4 Å². The van der Waals surface area contributed by atoms with E-state index in [4.69, 9.17) is 17.8 Å². The molecule has 0 bridgehead atoms. The van der Waals surface area contributed by atoms with Crippen LogP contribution >= 0.6 is 0 Å². The highest BCUT2D eigenvalue weighted by atomic mass is 32.2. The highest BCUT2D eigenvalue weighted by Gasteiger charge is 2.60. The lowest BCUT2D eigenvalue weighted by atomic mass is 9.46. The summed E-state index contributed by atoms with van der Waals surface area (Å²) in [6.45, 7) is 9.38. The average Bonchev–Trinajstić information content (AvgIpc) is 3.07. The average molecular weight is 468 g/mol. The standard InChI is InChI=1S/C23H33NO7S/c1-14-5-8-18-22(2,10-9-19-23(18,3)13-30-32(27)31-19)16(14)7-6-15-17(11-29-21(15)26)24-20(25)12-28-4/h6,16-19H,1,5,7-13H2,2-4H3,(H,24,25)/b15-6+/t16-,17+,18+,19-,22+,23+,32?/m1/s1. The third-order valence-electron chi connectivity index (χ3n) is 8.15. The van der Waals surface area contributed by atoms with Crippen molar-refractivity contribution in [2.45, 2.75) is 58.1 Å². The zero-order valence-electron chi connectivity index (χ0n) is 19.0. The number of nitrogens with one attached hydrogen (secondary N) is 1. The van der Waals surface area contributed by atoms with Crippen LogP contribution in [0.1, 0.15) is 46.0 Å². The van der Waals surface area contributed by atoms with E-state index < -0.39 is 17.4 Å². The SMILES string of the molecule is C=C1CC[C@@H]2[C@]3(C)COS(=O)O[C@@H]3CC[C@@]2(C)[C@@H]1C/C=C1/C(=O)OC[C@@H]1NC(=O)COC. The number of fused-ring (bicyclic) bond motifs is 3. The highest BCUT2D eigenvalue weighted by Crippen LogP contribution is 2.63. The van der Waals surface area contributed by atoms with Gasteiger partial charge in [-0.25, -0.2) is 4.79 Å². The van der Waals surface area contributed by atoms with Crippen LogP contribution in [0, 0.1) is 22.7 Å². The molecule has 2 saturated carbocycles. The highest BCUT2D eigenvalue weighted by molar-refractivity contribution is 7.75. The number of allylic oxidation sites excluding steroid dienone is 2. The molecule has 0 aromatic carbocycles. The largest absolute Gasteiger partial charge is 0.460 e. The van der Waals surface area contributed by atoms with Crippen molar-refractivity contribution in [1.82, 2.24) is 5.32 Å². The van der Waals surface area contributed by atoms with Crippen molar-refractivity contribution in [3.05, 3.63) is 23.8 Å². The number of methoxy groups -OCH3 is 1. The van der Waals surface area contributed by atoms with Gasteiger partial charge in [0.2, 0.25) is 5.91 Å². The Morgan fingerprint density at radius 3 is 2.88 bits per heavy atom. The first kappa shape index (κ1) is 23.6. The van der Waals surface area contributed by atoms with E-state index in [-0.39, 0.29) is 47.9 Å². The number of carbonyl (C=O) groups excluding carboxylic acids is 2. The van der Waals surface area contributed by atoms with Gasteiger partial charge >= 0.3 is 17.3 Å². The Morgan fingerprint density at radius 2 is 2.12 bits per heavy atom. The number of cyclic esters (lactones) is 1. The van der Waals surface area contributed by atoms with Crippen LogP contribution in [0.3, 0.4) is 0 Å². The van der Waals surface area contributed by atoms with E-state index in [1.54, 1.807) is 0 Å². The van der Waals surface area contributed by atoms with Crippen molar-refractivity contribution < 1.29 is 31.6 Å². The zero-order chi connectivity index (χ0) is 23.1. The Kier molecular flexibility index (Phi) is 6.64. The zero-order valence-corrected chi connectivity index (χ0v) is 19.8. The summed E-state index contributed by atoms with van der Waals surface area (Å²) in [6, 6.07) is -0.464. The van der Waals surface area contributed by atoms with E-state index in [0.29, 0.717) is 24.5 Å². The summed E-state index contributed by atoms with van der Waals surface area (Å²) >= 11 is -1.67. The Bertz CT molecular complexity index is 857. The van der Waals surface area contributed by atoms with Crippen molar-refractivity contribution in [3.63, 3.8) is 0 Å². The van der Waals surface area contributed by atoms with Crippen molar-refractivity contribution in [2.75, 3.05) is 26.9 Å². The normalized spacial score (nSPS) is 42.8. The summed E-state index contributed by atoms with van der Waals surface area (Å²) in [5.74, 6) is -0.157. The maximum absolute atomic E-state index is 12.4. The molecule has 178 valence electrons. The fourth-order valence-electron chi connectivity index (χ4n) is 6.49. The quantitative estimate of drug-likeness (QED) is 0.376. The van der Waals surface area contributed by atoms with Crippen molar-refractivity contribution in [3.8, 4) is 0 Å². The molecule has 4 rings (SSSR count). The molecule has 0 aromatic rings. The van der Waals surface area contributed by atoms with E-state index in [0.717, 1.165) is 25.7 Å². The molecule has 0 radical (unpaired) electrons. The van der Waals surface area contributed by atoms with Gasteiger partial charge in [0.1, 0.15) is 13.2 Å². The maximum Gasteiger partial charge on any atom is 0.336 e. The van der Waals surface area contributed by atoms with Gasteiger partial charge in [0, 0.05) is 12.5 Å². The number of hydrogen-bond acceptors (Lipinski definition) is 7. The summed E-state index contributed by atoms with van der Waals surface area (Å²) < 4.78 is 33.0. The summed E-state index contributed by atoms with van der Waals surface area (Å²) in [5, 5.41) is 2.81. The number of carbonyl (C=O) groups is 2. The molecule has 1 amide bonds. The summed E-state index contributed by atoms with van der Waals surface area (Å²) in [4.78, 5) is 24.3. The molecule has 1 unspecified atom stereocenters. The Balaban J connectivity index is 1.55. The fourth-order valence-corrected chi connectivity index (χ4v) is 7.40. The first-order valence-electron chi connectivity index (χ1n) is 11.2. The van der Waals surface area contributed by atoms with E-state index >= 15 is 0 Å². The molecule has 7 atom stereocenters. The van der Waals surface area contributed by atoms with E-state index in [9.17, 15) is 13.8 Å². The van der Waals surface area contributed by atoms with Crippen molar-refractivity contribution in [2.24, 2.45) is 22.7 Å². The molecule has 32 heavy (non-hydrogen) atoms. The second-order valence-electron chi connectivity index (χ2n) is 9.95. The molecule has 8 nitrogen and oxygen atoms in total. The third-order valence-corrected chi connectivity index (χ3v) is 8.85. The van der Waals surface area contributed by atoms with Crippen LogP contribution in [0.5, 0.6) is 0 Å². The third kappa shape index (κ3) is 4.08. The molecule has 4 aliphatic rings. The monoisotopic (exact) mass is 467 g/mol. The Hall–Kier alpha value is -1.55. The summed E-state index contributed by atoms with van der Waals surface area (Å²) in [7, 11) is 1.45. The topological polar surface area (TPSA) is 100 Å².